The van der Waals surface area contributed by atoms with Gasteiger partial charge >= 0.3 is 6.09 Å². The molecule has 0 aliphatic carbocycles. The number of likely N-dealkylation sites (tertiary alicyclic amines) is 1. The van der Waals surface area contributed by atoms with Crippen molar-refractivity contribution >= 4 is 28.6 Å². The van der Waals surface area contributed by atoms with Gasteiger partial charge in [0.25, 0.3) is 0 Å². The Kier molecular flexibility index (Phi) is 4.83. The van der Waals surface area contributed by atoms with E-state index in [4.69, 9.17) is 9.84 Å². The Morgan fingerprint density at radius 1 is 1.21 bits per heavy atom. The Morgan fingerprint density at radius 2 is 2.06 bits per heavy atom. The highest BCUT2D eigenvalue weighted by Crippen LogP contribution is 2.43. The first-order valence-electron chi connectivity index (χ1n) is 11.8. The van der Waals surface area contributed by atoms with Gasteiger partial charge in [-0.3, -0.25) is 4.79 Å². The standard InChI is InChI=1S/C23H27N7O4/c1-27-24-13-17(25-27)20-16-12-15(5-6-18(16)30(26-20)19-4-2-3-11-34-19)29-10-8-23(21(29)31)7-9-28(14-23)22(32)33/h5-6,12-13,19H,2-4,7-11,14H2,1H3,(H,32,33). The summed E-state index contributed by atoms with van der Waals surface area (Å²) in [4.78, 5) is 29.6. The van der Waals surface area contributed by atoms with Crippen molar-refractivity contribution in [3.05, 3.63) is 24.4 Å². The van der Waals surface area contributed by atoms with Crippen molar-refractivity contribution in [2.24, 2.45) is 12.5 Å². The summed E-state index contributed by atoms with van der Waals surface area (Å²) in [6.07, 6.45) is 4.84. The van der Waals surface area contributed by atoms with Gasteiger partial charge in [-0.2, -0.15) is 20.1 Å². The molecule has 178 valence electrons. The predicted molar refractivity (Wildman–Crippen MR) is 122 cm³/mol. The van der Waals surface area contributed by atoms with Crippen LogP contribution in [0.1, 0.15) is 38.3 Å². The second-order valence-electron chi connectivity index (χ2n) is 9.48. The molecule has 11 heteroatoms. The number of aromatic nitrogens is 5. The van der Waals surface area contributed by atoms with Gasteiger partial charge < -0.3 is 19.6 Å². The summed E-state index contributed by atoms with van der Waals surface area (Å²) in [5.74, 6) is -0.000316. The molecule has 0 saturated carbocycles. The zero-order valence-electron chi connectivity index (χ0n) is 19.1. The van der Waals surface area contributed by atoms with E-state index in [1.807, 2.05) is 22.9 Å². The largest absolute Gasteiger partial charge is 0.465 e. The van der Waals surface area contributed by atoms with E-state index in [0.29, 0.717) is 43.9 Å². The van der Waals surface area contributed by atoms with Crippen molar-refractivity contribution in [3.63, 3.8) is 0 Å². The molecule has 1 N–H and O–H groups in total. The third kappa shape index (κ3) is 3.25. The monoisotopic (exact) mass is 465 g/mol. The Balaban J connectivity index is 1.39. The number of hydrogen-bond acceptors (Lipinski definition) is 6. The van der Waals surface area contributed by atoms with E-state index in [-0.39, 0.29) is 18.7 Å². The van der Waals surface area contributed by atoms with Gasteiger partial charge in [-0.15, -0.1) is 0 Å². The van der Waals surface area contributed by atoms with E-state index < -0.39 is 11.5 Å². The Bertz CT molecular complexity index is 1280. The maximum atomic E-state index is 13.5. The molecule has 3 aliphatic heterocycles. The molecule has 6 rings (SSSR count). The quantitative estimate of drug-likeness (QED) is 0.632. The first kappa shape index (κ1) is 21.1. The lowest BCUT2D eigenvalue weighted by atomic mass is 9.85. The van der Waals surface area contributed by atoms with Gasteiger partial charge in [0, 0.05) is 44.4 Å². The minimum Gasteiger partial charge on any atom is -0.465 e. The molecule has 34 heavy (non-hydrogen) atoms. The minimum atomic E-state index is -0.962. The fourth-order valence-electron chi connectivity index (χ4n) is 5.56. The van der Waals surface area contributed by atoms with Crippen molar-refractivity contribution in [3.8, 4) is 11.4 Å². The van der Waals surface area contributed by atoms with E-state index >= 15 is 0 Å². The van der Waals surface area contributed by atoms with E-state index in [1.165, 1.54) is 9.70 Å². The molecule has 1 aromatic carbocycles. The van der Waals surface area contributed by atoms with Gasteiger partial charge in [0.2, 0.25) is 5.91 Å². The number of anilines is 1. The van der Waals surface area contributed by atoms with Crippen molar-refractivity contribution in [2.45, 2.75) is 38.3 Å². The number of carboxylic acid groups (broad SMARTS) is 1. The second-order valence-corrected chi connectivity index (χ2v) is 9.48. The number of rotatable bonds is 3. The maximum absolute atomic E-state index is 13.5. The van der Waals surface area contributed by atoms with Crippen LogP contribution in [0, 0.1) is 5.41 Å². The number of fused-ring (bicyclic) bond motifs is 1. The van der Waals surface area contributed by atoms with Crippen molar-refractivity contribution in [1.29, 1.82) is 0 Å². The topological polar surface area (TPSA) is 119 Å². The van der Waals surface area contributed by atoms with Crippen LogP contribution in [0.4, 0.5) is 10.5 Å². The first-order valence-corrected chi connectivity index (χ1v) is 11.8. The van der Waals surface area contributed by atoms with Crippen LogP contribution in [0.15, 0.2) is 24.4 Å². The summed E-state index contributed by atoms with van der Waals surface area (Å²) in [5.41, 5.74) is 2.46. The third-order valence-electron chi connectivity index (χ3n) is 7.41. The average molecular weight is 466 g/mol. The molecule has 1 spiro atoms. The number of ether oxygens (including phenoxy) is 1. The second kappa shape index (κ2) is 7.79. The molecule has 3 saturated heterocycles. The van der Waals surface area contributed by atoms with Crippen molar-refractivity contribution in [1.82, 2.24) is 29.7 Å². The summed E-state index contributed by atoms with van der Waals surface area (Å²) in [6.45, 7) is 1.95. The number of hydrogen-bond donors (Lipinski definition) is 1. The number of benzene rings is 1. The van der Waals surface area contributed by atoms with Crippen molar-refractivity contribution in [2.75, 3.05) is 31.1 Å². The summed E-state index contributed by atoms with van der Waals surface area (Å²) in [7, 11) is 1.77. The van der Waals surface area contributed by atoms with Crippen LogP contribution in [-0.2, 0) is 16.6 Å². The zero-order chi connectivity index (χ0) is 23.4. The molecule has 2 unspecified atom stereocenters. The van der Waals surface area contributed by atoms with E-state index in [1.54, 1.807) is 18.1 Å². The van der Waals surface area contributed by atoms with Gasteiger partial charge in [-0.1, -0.05) is 0 Å². The number of nitrogens with zero attached hydrogens (tertiary/aromatic N) is 7. The smallest absolute Gasteiger partial charge is 0.407 e. The fourth-order valence-corrected chi connectivity index (χ4v) is 5.56. The number of aryl methyl sites for hydroxylation is 1. The normalized spacial score (nSPS) is 25.2. The van der Waals surface area contributed by atoms with Crippen LogP contribution < -0.4 is 4.90 Å². The van der Waals surface area contributed by atoms with Gasteiger partial charge in [0.1, 0.15) is 11.4 Å². The zero-order valence-corrected chi connectivity index (χ0v) is 19.1. The highest BCUT2D eigenvalue weighted by Gasteiger charge is 2.52. The van der Waals surface area contributed by atoms with E-state index in [0.717, 1.165) is 35.9 Å². The summed E-state index contributed by atoms with van der Waals surface area (Å²) in [5, 5.41) is 23.8. The van der Waals surface area contributed by atoms with Crippen LogP contribution in [0.5, 0.6) is 0 Å². The molecule has 0 radical (unpaired) electrons. The molecule has 3 aliphatic rings. The molecular formula is C23H27N7O4. The van der Waals surface area contributed by atoms with E-state index in [2.05, 4.69) is 10.2 Å². The van der Waals surface area contributed by atoms with Crippen LogP contribution in [-0.4, -0.2) is 73.0 Å². The van der Waals surface area contributed by atoms with Gasteiger partial charge in [0.05, 0.1) is 17.1 Å². The van der Waals surface area contributed by atoms with Crippen molar-refractivity contribution < 1.29 is 19.4 Å². The van der Waals surface area contributed by atoms with Gasteiger partial charge in [-0.25, -0.2) is 9.48 Å². The number of carbonyl (C=O) groups is 2. The molecule has 2 atom stereocenters. The SMILES string of the molecule is Cn1ncc(-c2nn(C3CCCCO3)c3ccc(N4CCC5(CCN(C(=O)O)C5)C4=O)cc23)n1. The molecule has 2 aromatic heterocycles. The number of amides is 2. The van der Waals surface area contributed by atoms with Gasteiger partial charge in [0.15, 0.2) is 6.23 Å². The maximum Gasteiger partial charge on any atom is 0.407 e. The first-order chi connectivity index (χ1) is 16.4. The summed E-state index contributed by atoms with van der Waals surface area (Å²) < 4.78 is 7.94. The molecule has 2 amide bonds. The third-order valence-corrected chi connectivity index (χ3v) is 7.41. The Morgan fingerprint density at radius 3 is 2.76 bits per heavy atom. The van der Waals surface area contributed by atoms with E-state index in [9.17, 15) is 14.7 Å². The Labute approximate surface area is 195 Å². The summed E-state index contributed by atoms with van der Waals surface area (Å²) in [6, 6.07) is 5.93. The molecule has 0 bridgehead atoms. The molecule has 11 nitrogen and oxygen atoms in total. The molecule has 3 fully saturated rings. The molecular weight excluding hydrogens is 438 g/mol. The highest BCUT2D eigenvalue weighted by atomic mass is 16.5. The predicted octanol–water partition coefficient (Wildman–Crippen LogP) is 2.64. The fraction of sp³-hybridized carbons (Fsp3) is 0.522. The average Bonchev–Trinajstić information content (AvgIpc) is 3.61. The molecule has 5 heterocycles. The van der Waals surface area contributed by atoms with Crippen LogP contribution in [0.25, 0.3) is 22.3 Å². The van der Waals surface area contributed by atoms with Crippen LogP contribution in [0.2, 0.25) is 0 Å². The van der Waals surface area contributed by atoms with Gasteiger partial charge in [-0.05, 0) is 50.3 Å². The van der Waals surface area contributed by atoms with Crippen LogP contribution in [0.3, 0.4) is 0 Å². The summed E-state index contributed by atoms with van der Waals surface area (Å²) >= 11 is 0. The lowest BCUT2D eigenvalue weighted by molar-refractivity contribution is -0.124. The lowest BCUT2D eigenvalue weighted by Gasteiger charge is -2.24. The highest BCUT2D eigenvalue weighted by molar-refractivity contribution is 6.03. The number of carbonyl (C=O) groups excluding carboxylic acids is 1. The van der Waals surface area contributed by atoms with Crippen LogP contribution >= 0.6 is 0 Å². The lowest BCUT2D eigenvalue weighted by Crippen LogP contribution is -2.38. The minimum absolute atomic E-state index is 0.000316. The molecule has 3 aromatic rings. The Hall–Kier alpha value is -3.47.